The first-order valence-corrected chi connectivity index (χ1v) is 7.02. The van der Waals surface area contributed by atoms with Gasteiger partial charge in [0.2, 0.25) is 0 Å². The Morgan fingerprint density at radius 1 is 1.56 bits per heavy atom. The number of carbonyl (C=O) groups is 1. The minimum Gasteiger partial charge on any atom is -0.338 e. The van der Waals surface area contributed by atoms with Crippen molar-refractivity contribution in [1.29, 1.82) is 0 Å². The Bertz CT molecular complexity index is 438. The highest BCUT2D eigenvalue weighted by atomic mass is 127. The van der Waals surface area contributed by atoms with Gasteiger partial charge in [0.15, 0.2) is 0 Å². The summed E-state index contributed by atoms with van der Waals surface area (Å²) in [5.41, 5.74) is 2.15. The van der Waals surface area contributed by atoms with Crippen LogP contribution in [0.4, 0.5) is 0 Å². The molecule has 1 unspecified atom stereocenters. The van der Waals surface area contributed by atoms with Crippen LogP contribution in [0.1, 0.15) is 19.3 Å². The maximum atomic E-state index is 11.9. The van der Waals surface area contributed by atoms with Gasteiger partial charge in [-0.1, -0.05) is 0 Å². The number of halogens is 2. The van der Waals surface area contributed by atoms with Gasteiger partial charge in [-0.2, -0.15) is 0 Å². The van der Waals surface area contributed by atoms with E-state index < -0.39 is 0 Å². The number of hydrogen-bond donors (Lipinski definition) is 0. The predicted octanol–water partition coefficient (Wildman–Crippen LogP) is 2.87. The molecule has 4 heteroatoms. The first kappa shape index (κ1) is 11.1. The maximum absolute atomic E-state index is 11.9. The van der Waals surface area contributed by atoms with Crippen molar-refractivity contribution in [3.05, 3.63) is 20.8 Å². The second-order valence-corrected chi connectivity index (χ2v) is 6.88. The van der Waals surface area contributed by atoms with Crippen LogP contribution in [0.5, 0.6) is 0 Å². The predicted molar refractivity (Wildman–Crippen MR) is 72.7 cm³/mol. The van der Waals surface area contributed by atoms with Crippen LogP contribution in [0, 0.1) is 5.92 Å². The van der Waals surface area contributed by atoms with Crippen molar-refractivity contribution >= 4 is 40.1 Å². The van der Waals surface area contributed by atoms with E-state index in [9.17, 15) is 4.79 Å². The van der Waals surface area contributed by atoms with Gasteiger partial charge in [0.1, 0.15) is 0 Å². The molecule has 3 aliphatic rings. The molecule has 0 radical (unpaired) electrons. The van der Waals surface area contributed by atoms with E-state index in [1.807, 2.05) is 7.05 Å². The molecule has 0 saturated heterocycles. The average Bonchev–Trinajstić information content (AvgIpc) is 2.95. The quantitative estimate of drug-likeness (QED) is 0.526. The third-order valence-electron chi connectivity index (χ3n) is 3.69. The number of hydrogen-bond acceptors (Lipinski definition) is 1. The fourth-order valence-electron chi connectivity index (χ4n) is 2.68. The Morgan fingerprint density at radius 2 is 2.25 bits per heavy atom. The van der Waals surface area contributed by atoms with Gasteiger partial charge in [-0.05, 0) is 59.4 Å². The first-order valence-electron chi connectivity index (χ1n) is 5.56. The smallest absolute Gasteiger partial charge is 0.254 e. The van der Waals surface area contributed by atoms with Gasteiger partial charge < -0.3 is 4.90 Å². The molecule has 0 bridgehead atoms. The van der Waals surface area contributed by atoms with E-state index in [1.165, 1.54) is 18.4 Å². The van der Waals surface area contributed by atoms with Crippen LogP contribution in [0.3, 0.4) is 0 Å². The Hall–Kier alpha value is -0.0300. The minimum absolute atomic E-state index is 0.158. The van der Waals surface area contributed by atoms with Crippen molar-refractivity contribution in [2.45, 2.75) is 24.1 Å². The maximum Gasteiger partial charge on any atom is 0.254 e. The fourth-order valence-corrected chi connectivity index (χ4v) is 4.52. The van der Waals surface area contributed by atoms with E-state index in [1.54, 1.807) is 4.90 Å². The largest absolute Gasteiger partial charge is 0.338 e. The average molecular weight is 350 g/mol. The Kier molecular flexibility index (Phi) is 2.41. The zero-order valence-corrected chi connectivity index (χ0v) is 12.0. The highest BCUT2D eigenvalue weighted by molar-refractivity contribution is 14.1. The van der Waals surface area contributed by atoms with Crippen LogP contribution in [0.25, 0.3) is 0 Å². The van der Waals surface area contributed by atoms with Crippen LogP contribution in [-0.2, 0) is 4.79 Å². The first-order chi connectivity index (χ1) is 7.51. The van der Waals surface area contributed by atoms with Crippen molar-refractivity contribution in [1.82, 2.24) is 4.90 Å². The van der Waals surface area contributed by atoms with E-state index >= 15 is 0 Å². The van der Waals surface area contributed by atoms with Gasteiger partial charge in [0.25, 0.3) is 5.91 Å². The SMILES string of the molecule is CN1CC2=C(C1=O)C(I)=CC(Cl)(C1CC1)C2. The second-order valence-electron chi connectivity index (χ2n) is 5.01. The summed E-state index contributed by atoms with van der Waals surface area (Å²) in [5, 5.41) is 0. The molecule has 86 valence electrons. The second kappa shape index (κ2) is 3.48. The van der Waals surface area contributed by atoms with Gasteiger partial charge >= 0.3 is 0 Å². The highest BCUT2D eigenvalue weighted by Gasteiger charge is 2.47. The Balaban J connectivity index is 1.98. The lowest BCUT2D eigenvalue weighted by atomic mass is 9.87. The molecule has 0 spiro atoms. The third-order valence-corrected chi connectivity index (χ3v) is 5.09. The molecule has 1 amide bonds. The molecule has 0 aromatic heterocycles. The van der Waals surface area contributed by atoms with Crippen molar-refractivity contribution in [2.24, 2.45) is 5.92 Å². The molecular formula is C12H13ClINO. The lowest BCUT2D eigenvalue weighted by Crippen LogP contribution is -2.26. The van der Waals surface area contributed by atoms with Crippen LogP contribution in [0.15, 0.2) is 20.8 Å². The van der Waals surface area contributed by atoms with Crippen LogP contribution in [0.2, 0.25) is 0 Å². The lowest BCUT2D eigenvalue weighted by Gasteiger charge is -2.28. The van der Waals surface area contributed by atoms with E-state index in [-0.39, 0.29) is 10.8 Å². The molecule has 16 heavy (non-hydrogen) atoms. The summed E-state index contributed by atoms with van der Waals surface area (Å²) in [4.78, 5) is 13.5. The zero-order valence-electron chi connectivity index (χ0n) is 9.09. The molecular weight excluding hydrogens is 336 g/mol. The van der Waals surface area contributed by atoms with E-state index in [4.69, 9.17) is 11.6 Å². The molecule has 1 saturated carbocycles. The molecule has 1 heterocycles. The van der Waals surface area contributed by atoms with Gasteiger partial charge in [-0.3, -0.25) is 4.79 Å². The number of amides is 1. The normalized spacial score (nSPS) is 34.3. The van der Waals surface area contributed by atoms with Crippen LogP contribution >= 0.6 is 34.2 Å². The summed E-state index contributed by atoms with van der Waals surface area (Å²) in [5.74, 6) is 0.777. The summed E-state index contributed by atoms with van der Waals surface area (Å²) in [6.45, 7) is 0.760. The molecule has 3 rings (SSSR count). The Labute approximate surface area is 114 Å². The van der Waals surface area contributed by atoms with Crippen molar-refractivity contribution in [2.75, 3.05) is 13.6 Å². The molecule has 1 atom stereocenters. The topological polar surface area (TPSA) is 20.3 Å². The number of nitrogens with zero attached hydrogens (tertiary/aromatic N) is 1. The molecule has 2 aliphatic carbocycles. The summed E-state index contributed by atoms with van der Waals surface area (Å²) >= 11 is 8.94. The van der Waals surface area contributed by atoms with Gasteiger partial charge in [-0.15, -0.1) is 11.6 Å². The van der Waals surface area contributed by atoms with Gasteiger partial charge in [0, 0.05) is 17.2 Å². The summed E-state index contributed by atoms with van der Waals surface area (Å²) in [6, 6.07) is 0. The minimum atomic E-state index is -0.208. The standard InChI is InChI=1S/C12H13ClINO/c1-15-6-7-4-12(13,8-2-3-8)5-9(14)10(7)11(15)16/h5,8H,2-4,6H2,1H3. The number of alkyl halides is 1. The third kappa shape index (κ3) is 1.55. The Morgan fingerprint density at radius 3 is 2.88 bits per heavy atom. The molecule has 0 N–H and O–H groups in total. The number of allylic oxidation sites excluding steroid dienone is 1. The number of likely N-dealkylation sites (N-methyl/N-ethyl adjacent to an activating group) is 1. The zero-order chi connectivity index (χ0) is 11.5. The van der Waals surface area contributed by atoms with Gasteiger partial charge in [-0.25, -0.2) is 0 Å². The van der Waals surface area contributed by atoms with Crippen LogP contribution < -0.4 is 0 Å². The molecule has 1 aliphatic heterocycles. The molecule has 1 fully saturated rings. The van der Waals surface area contributed by atoms with E-state index in [0.29, 0.717) is 5.92 Å². The van der Waals surface area contributed by atoms with Crippen molar-refractivity contribution in [3.8, 4) is 0 Å². The van der Waals surface area contributed by atoms with E-state index in [2.05, 4.69) is 28.7 Å². The summed E-state index contributed by atoms with van der Waals surface area (Å²) < 4.78 is 1.05. The highest BCUT2D eigenvalue weighted by Crippen LogP contribution is 2.53. The van der Waals surface area contributed by atoms with E-state index in [0.717, 1.165) is 22.1 Å². The molecule has 0 aromatic carbocycles. The lowest BCUT2D eigenvalue weighted by molar-refractivity contribution is -0.124. The molecule has 2 nitrogen and oxygen atoms in total. The van der Waals surface area contributed by atoms with Crippen molar-refractivity contribution < 1.29 is 4.79 Å². The monoisotopic (exact) mass is 349 g/mol. The van der Waals surface area contributed by atoms with Crippen molar-refractivity contribution in [3.63, 3.8) is 0 Å². The number of rotatable bonds is 1. The fraction of sp³-hybridized carbons (Fsp3) is 0.583. The van der Waals surface area contributed by atoms with Gasteiger partial charge in [0.05, 0.1) is 10.4 Å². The molecule has 0 aromatic rings. The number of carbonyl (C=O) groups excluding carboxylic acids is 1. The summed E-state index contributed by atoms with van der Waals surface area (Å²) in [7, 11) is 1.86. The summed E-state index contributed by atoms with van der Waals surface area (Å²) in [6.07, 6.45) is 5.44. The van der Waals surface area contributed by atoms with Crippen LogP contribution in [-0.4, -0.2) is 29.3 Å².